The number of hydrogen-bond donors (Lipinski definition) is 5. The maximum atomic E-state index is 10.5. The first kappa shape index (κ1) is 16.5. The molecule has 2 amide bonds. The van der Waals surface area contributed by atoms with E-state index in [1.165, 1.54) is 7.11 Å². The summed E-state index contributed by atoms with van der Waals surface area (Å²) in [6.45, 7) is 2.14. The van der Waals surface area contributed by atoms with Gasteiger partial charge in [-0.25, -0.2) is 9.59 Å². The molecule has 0 aromatic rings. The number of hydrogen-bond acceptors (Lipinski definition) is 4. The Hall–Kier alpha value is -1.54. The van der Waals surface area contributed by atoms with Crippen LogP contribution in [0.3, 0.4) is 0 Å². The number of ether oxygens (including phenoxy) is 1. The van der Waals surface area contributed by atoms with Gasteiger partial charge in [0.25, 0.3) is 0 Å². The van der Waals surface area contributed by atoms with Gasteiger partial charge in [0.05, 0.1) is 6.10 Å². The third-order valence-corrected chi connectivity index (χ3v) is 2.74. The molecular weight excluding hydrogens is 242 g/mol. The lowest BCUT2D eigenvalue weighted by atomic mass is 9.94. The molecule has 0 aromatic heterocycles. The molecule has 8 heteroatoms. The van der Waals surface area contributed by atoms with Gasteiger partial charge in [0, 0.05) is 19.7 Å². The molecule has 0 radical (unpaired) electrons. The third kappa shape index (κ3) is 6.92. The van der Waals surface area contributed by atoms with Crippen LogP contribution in [0.1, 0.15) is 13.3 Å². The maximum Gasteiger partial charge on any atom is 0.404 e. The number of amides is 2. The summed E-state index contributed by atoms with van der Waals surface area (Å²) in [6, 6.07) is -0.324. The third-order valence-electron chi connectivity index (χ3n) is 2.74. The Morgan fingerprint density at radius 1 is 1.33 bits per heavy atom. The lowest BCUT2D eigenvalue weighted by Gasteiger charge is -2.26. The van der Waals surface area contributed by atoms with Crippen molar-refractivity contribution in [1.29, 1.82) is 0 Å². The zero-order valence-electron chi connectivity index (χ0n) is 10.5. The van der Waals surface area contributed by atoms with Crippen LogP contribution in [0, 0.1) is 5.92 Å². The Labute approximate surface area is 105 Å². The molecule has 6 N–H and O–H groups in total. The first-order chi connectivity index (χ1) is 8.40. The summed E-state index contributed by atoms with van der Waals surface area (Å²) in [5, 5.41) is 21.7. The Kier molecular flexibility index (Phi) is 7.81. The Bertz CT molecular complexity index is 274. The summed E-state index contributed by atoms with van der Waals surface area (Å²) in [4.78, 5) is 20.9. The summed E-state index contributed by atoms with van der Waals surface area (Å²) in [5.74, 6) is -0.123. The van der Waals surface area contributed by atoms with Gasteiger partial charge in [-0.3, -0.25) is 0 Å². The summed E-state index contributed by atoms with van der Waals surface area (Å²) in [7, 11) is 1.47. The predicted octanol–water partition coefficient (Wildman–Crippen LogP) is -0.110. The molecule has 0 spiro atoms. The van der Waals surface area contributed by atoms with E-state index in [4.69, 9.17) is 20.7 Å². The van der Waals surface area contributed by atoms with E-state index in [-0.39, 0.29) is 31.2 Å². The second-order valence-electron chi connectivity index (χ2n) is 4.01. The molecule has 0 aliphatic heterocycles. The van der Waals surface area contributed by atoms with E-state index in [1.54, 1.807) is 6.92 Å². The van der Waals surface area contributed by atoms with E-state index < -0.39 is 12.2 Å². The van der Waals surface area contributed by atoms with Crippen LogP contribution in [-0.4, -0.2) is 54.7 Å². The molecular formula is C10H21N3O5. The fraction of sp³-hybridized carbons (Fsp3) is 0.800. The van der Waals surface area contributed by atoms with Crippen LogP contribution in [0.25, 0.3) is 0 Å². The molecule has 3 unspecified atom stereocenters. The van der Waals surface area contributed by atoms with Crippen LogP contribution in [0.5, 0.6) is 0 Å². The van der Waals surface area contributed by atoms with Crippen LogP contribution in [0.4, 0.5) is 9.59 Å². The molecule has 106 valence electrons. The van der Waals surface area contributed by atoms with Crippen molar-refractivity contribution in [3.63, 3.8) is 0 Å². The highest BCUT2D eigenvalue weighted by Crippen LogP contribution is 2.12. The standard InChI is InChI=1S/C10H21N3O5/c1-6(13-10(16)17)7(4-11)3-8(18-2)5-12-9(14)15/h6-8,12-13H,3-5,11H2,1-2H3,(H,14,15)(H,16,17). The second kappa shape index (κ2) is 8.54. The SMILES string of the molecule is COC(CNC(=O)O)CC(CN)C(C)NC(=O)O. The van der Waals surface area contributed by atoms with Gasteiger partial charge in [-0.05, 0) is 25.8 Å². The van der Waals surface area contributed by atoms with E-state index in [0.717, 1.165) is 0 Å². The van der Waals surface area contributed by atoms with E-state index in [1.807, 2.05) is 0 Å². The molecule has 0 aromatic carbocycles. The summed E-state index contributed by atoms with van der Waals surface area (Å²) < 4.78 is 5.13. The van der Waals surface area contributed by atoms with E-state index >= 15 is 0 Å². The van der Waals surface area contributed by atoms with Gasteiger partial charge in [0.1, 0.15) is 0 Å². The summed E-state index contributed by atoms with van der Waals surface area (Å²) in [6.07, 6.45) is -2.11. The van der Waals surface area contributed by atoms with Crippen LogP contribution in [0.15, 0.2) is 0 Å². The quantitative estimate of drug-likeness (QED) is 0.415. The maximum absolute atomic E-state index is 10.5. The van der Waals surface area contributed by atoms with E-state index in [9.17, 15) is 9.59 Å². The molecule has 0 saturated carbocycles. The van der Waals surface area contributed by atoms with E-state index in [0.29, 0.717) is 6.42 Å². The molecule has 0 aliphatic rings. The summed E-state index contributed by atoms with van der Waals surface area (Å²) in [5.41, 5.74) is 5.58. The minimum Gasteiger partial charge on any atom is -0.465 e. The molecule has 0 heterocycles. The predicted molar refractivity (Wildman–Crippen MR) is 64.6 cm³/mol. The van der Waals surface area contributed by atoms with Crippen molar-refractivity contribution in [3.05, 3.63) is 0 Å². The normalized spacial score (nSPS) is 15.5. The van der Waals surface area contributed by atoms with Gasteiger partial charge in [-0.2, -0.15) is 0 Å². The minimum absolute atomic E-state index is 0.123. The lowest BCUT2D eigenvalue weighted by Crippen LogP contribution is -2.43. The Morgan fingerprint density at radius 2 is 1.94 bits per heavy atom. The van der Waals surface area contributed by atoms with Crippen molar-refractivity contribution < 1.29 is 24.5 Å². The highest BCUT2D eigenvalue weighted by molar-refractivity contribution is 5.65. The van der Waals surface area contributed by atoms with Crippen molar-refractivity contribution in [2.75, 3.05) is 20.2 Å². The fourth-order valence-corrected chi connectivity index (χ4v) is 1.62. The number of carbonyl (C=O) groups is 2. The number of carboxylic acid groups (broad SMARTS) is 2. The average Bonchev–Trinajstić information content (AvgIpc) is 2.28. The molecule has 0 aliphatic carbocycles. The summed E-state index contributed by atoms with van der Waals surface area (Å²) >= 11 is 0. The highest BCUT2D eigenvalue weighted by Gasteiger charge is 2.22. The first-order valence-electron chi connectivity index (χ1n) is 5.59. The van der Waals surface area contributed by atoms with Crippen molar-refractivity contribution >= 4 is 12.2 Å². The van der Waals surface area contributed by atoms with Crippen molar-refractivity contribution in [2.45, 2.75) is 25.5 Å². The van der Waals surface area contributed by atoms with Crippen LogP contribution < -0.4 is 16.4 Å². The Morgan fingerprint density at radius 3 is 2.33 bits per heavy atom. The molecule has 0 saturated heterocycles. The highest BCUT2D eigenvalue weighted by atomic mass is 16.5. The fourth-order valence-electron chi connectivity index (χ4n) is 1.62. The largest absolute Gasteiger partial charge is 0.465 e. The first-order valence-corrected chi connectivity index (χ1v) is 5.59. The average molecular weight is 263 g/mol. The van der Waals surface area contributed by atoms with Crippen LogP contribution >= 0.6 is 0 Å². The van der Waals surface area contributed by atoms with Crippen molar-refractivity contribution in [3.8, 4) is 0 Å². The molecule has 18 heavy (non-hydrogen) atoms. The van der Waals surface area contributed by atoms with Gasteiger partial charge in [0.2, 0.25) is 0 Å². The minimum atomic E-state index is -1.13. The topological polar surface area (TPSA) is 134 Å². The van der Waals surface area contributed by atoms with Crippen LogP contribution in [-0.2, 0) is 4.74 Å². The molecule has 0 rings (SSSR count). The molecule has 3 atom stereocenters. The lowest BCUT2D eigenvalue weighted by molar-refractivity contribution is 0.0744. The molecule has 0 bridgehead atoms. The van der Waals surface area contributed by atoms with Gasteiger partial charge < -0.3 is 31.3 Å². The second-order valence-corrected chi connectivity index (χ2v) is 4.01. The Balaban J connectivity index is 4.29. The molecule has 8 nitrogen and oxygen atoms in total. The number of methoxy groups -OCH3 is 1. The van der Waals surface area contributed by atoms with Gasteiger partial charge in [-0.15, -0.1) is 0 Å². The van der Waals surface area contributed by atoms with Gasteiger partial charge in [0.15, 0.2) is 0 Å². The van der Waals surface area contributed by atoms with Crippen molar-refractivity contribution in [1.82, 2.24) is 10.6 Å². The zero-order chi connectivity index (χ0) is 14.1. The number of nitrogens with one attached hydrogen (secondary N) is 2. The van der Waals surface area contributed by atoms with Crippen LogP contribution in [0.2, 0.25) is 0 Å². The number of rotatable bonds is 8. The van der Waals surface area contributed by atoms with Gasteiger partial charge >= 0.3 is 12.2 Å². The van der Waals surface area contributed by atoms with E-state index in [2.05, 4.69) is 10.6 Å². The zero-order valence-corrected chi connectivity index (χ0v) is 10.5. The number of nitrogens with two attached hydrogens (primary N) is 1. The van der Waals surface area contributed by atoms with Crippen molar-refractivity contribution in [2.24, 2.45) is 11.7 Å². The van der Waals surface area contributed by atoms with Gasteiger partial charge in [-0.1, -0.05) is 0 Å². The molecule has 0 fully saturated rings. The smallest absolute Gasteiger partial charge is 0.404 e. The monoisotopic (exact) mass is 263 g/mol.